The molecule has 0 aromatic carbocycles. The number of rotatable bonds is 3. The van der Waals surface area contributed by atoms with Crippen molar-refractivity contribution in [2.24, 2.45) is 0 Å². The van der Waals surface area contributed by atoms with Gasteiger partial charge in [0.25, 0.3) is 0 Å². The maximum atomic E-state index is 11.9. The van der Waals surface area contributed by atoms with Crippen LogP contribution in [0.2, 0.25) is 0 Å². The van der Waals surface area contributed by atoms with Crippen molar-refractivity contribution in [2.45, 2.75) is 39.7 Å². The highest BCUT2D eigenvalue weighted by Gasteiger charge is 2.27. The maximum Gasteiger partial charge on any atom is 0.506 e. The summed E-state index contributed by atoms with van der Waals surface area (Å²) >= 11 is 0. The van der Waals surface area contributed by atoms with E-state index in [2.05, 4.69) is 4.98 Å². The van der Waals surface area contributed by atoms with E-state index in [9.17, 15) is 14.8 Å². The van der Waals surface area contributed by atoms with Gasteiger partial charge in [0, 0.05) is 5.69 Å². The van der Waals surface area contributed by atoms with E-state index in [4.69, 9.17) is 4.74 Å². The van der Waals surface area contributed by atoms with Crippen molar-refractivity contribution in [3.05, 3.63) is 17.3 Å². The number of aryl methyl sites for hydroxylation is 1. The Hall–Kier alpha value is -1.27. The van der Waals surface area contributed by atoms with Crippen LogP contribution in [-0.2, 0) is 11.2 Å². The topological polar surface area (TPSA) is 82.6 Å². The largest absolute Gasteiger partial charge is 0.506 e. The van der Waals surface area contributed by atoms with Gasteiger partial charge in [-0.2, -0.15) is 0 Å². The third kappa shape index (κ3) is 3.61. The zero-order valence-electron chi connectivity index (χ0n) is 10.6. The predicted octanol–water partition coefficient (Wildman–Crippen LogP) is 0.212. The number of nitrogens with one attached hydrogen (secondary N) is 1. The van der Waals surface area contributed by atoms with Gasteiger partial charge in [0.2, 0.25) is 0 Å². The minimum atomic E-state index is -1.71. The Balaban J connectivity index is 3.03. The lowest BCUT2D eigenvalue weighted by Crippen LogP contribution is -2.37. The van der Waals surface area contributed by atoms with Gasteiger partial charge in [-0.3, -0.25) is 0 Å². The summed E-state index contributed by atoms with van der Waals surface area (Å²) in [6.45, 7) is 7.17. The molecule has 0 saturated heterocycles. The van der Waals surface area contributed by atoms with E-state index in [0.29, 0.717) is 6.42 Å². The normalized spacial score (nSPS) is 11.4. The number of aromatic amines is 1. The summed E-state index contributed by atoms with van der Waals surface area (Å²) in [6.07, 6.45) is 0.669. The van der Waals surface area contributed by atoms with Crippen LogP contribution >= 0.6 is 0 Å². The van der Waals surface area contributed by atoms with Gasteiger partial charge >= 0.3 is 13.1 Å². The zero-order chi connectivity index (χ0) is 13.2. The van der Waals surface area contributed by atoms with Crippen LogP contribution in [0.4, 0.5) is 0 Å². The minimum Gasteiger partial charge on any atom is -0.456 e. The van der Waals surface area contributed by atoms with Crippen molar-refractivity contribution in [1.82, 2.24) is 4.98 Å². The van der Waals surface area contributed by atoms with Crippen LogP contribution < -0.4 is 5.59 Å². The van der Waals surface area contributed by atoms with Gasteiger partial charge in [-0.15, -0.1) is 0 Å². The molecule has 0 fully saturated rings. The Kier molecular flexibility index (Phi) is 4.01. The van der Waals surface area contributed by atoms with E-state index in [0.717, 1.165) is 5.69 Å². The van der Waals surface area contributed by atoms with Crippen molar-refractivity contribution < 1.29 is 19.6 Å². The second kappa shape index (κ2) is 4.93. The molecular formula is C11H18BNO4. The number of hydrogen-bond donors (Lipinski definition) is 3. The standard InChI is InChI=1S/C11H18BNO4/c1-5-7-6-8(9(13-7)12(15)16)10(14)17-11(2,3)4/h6,13,15-16H,5H2,1-4H3. The van der Waals surface area contributed by atoms with Gasteiger partial charge in [-0.1, -0.05) is 6.92 Å². The molecule has 94 valence electrons. The van der Waals surface area contributed by atoms with Crippen LogP contribution in [0.25, 0.3) is 0 Å². The van der Waals surface area contributed by atoms with Crippen molar-refractivity contribution in [1.29, 1.82) is 0 Å². The molecule has 0 unspecified atom stereocenters. The quantitative estimate of drug-likeness (QED) is 0.520. The smallest absolute Gasteiger partial charge is 0.456 e. The lowest BCUT2D eigenvalue weighted by molar-refractivity contribution is 0.00708. The highest BCUT2D eigenvalue weighted by Crippen LogP contribution is 2.12. The molecule has 1 aromatic rings. The number of aromatic nitrogens is 1. The number of H-pyrrole nitrogens is 1. The van der Waals surface area contributed by atoms with Crippen LogP contribution in [0.15, 0.2) is 6.07 Å². The first-order valence-corrected chi connectivity index (χ1v) is 5.56. The van der Waals surface area contributed by atoms with Crippen molar-refractivity contribution in [3.8, 4) is 0 Å². The summed E-state index contributed by atoms with van der Waals surface area (Å²) in [7, 11) is -1.71. The molecule has 0 saturated carbocycles. The molecule has 1 rings (SSSR count). The number of esters is 1. The van der Waals surface area contributed by atoms with Crippen molar-refractivity contribution in [3.63, 3.8) is 0 Å². The SMILES string of the molecule is CCc1cc(C(=O)OC(C)(C)C)c(B(O)O)[nH]1. The van der Waals surface area contributed by atoms with Crippen LogP contribution in [0.5, 0.6) is 0 Å². The van der Waals surface area contributed by atoms with Crippen molar-refractivity contribution >= 4 is 18.7 Å². The van der Waals surface area contributed by atoms with Crippen LogP contribution in [0.1, 0.15) is 43.7 Å². The fraction of sp³-hybridized carbons (Fsp3) is 0.545. The van der Waals surface area contributed by atoms with Crippen LogP contribution in [0.3, 0.4) is 0 Å². The molecule has 0 aliphatic rings. The summed E-state index contributed by atoms with van der Waals surface area (Å²) in [4.78, 5) is 14.6. The molecule has 0 amide bonds. The molecule has 1 heterocycles. The number of carbonyl (C=O) groups excluding carboxylic acids is 1. The Morgan fingerprint density at radius 3 is 2.47 bits per heavy atom. The number of hydrogen-bond acceptors (Lipinski definition) is 4. The highest BCUT2D eigenvalue weighted by molar-refractivity contribution is 6.59. The molecule has 5 nitrogen and oxygen atoms in total. The molecule has 1 aromatic heterocycles. The van der Waals surface area contributed by atoms with Crippen LogP contribution in [-0.4, -0.2) is 33.7 Å². The first-order chi connectivity index (χ1) is 7.74. The molecule has 0 aliphatic heterocycles. The summed E-state index contributed by atoms with van der Waals surface area (Å²) in [5.74, 6) is -0.559. The fourth-order valence-corrected chi connectivity index (χ4v) is 1.42. The first kappa shape index (κ1) is 13.8. The van der Waals surface area contributed by atoms with Gasteiger partial charge in [0.1, 0.15) is 5.60 Å². The average molecular weight is 239 g/mol. The second-order valence-electron chi connectivity index (χ2n) is 4.85. The second-order valence-corrected chi connectivity index (χ2v) is 4.85. The van der Waals surface area contributed by atoms with E-state index in [1.807, 2.05) is 6.92 Å². The third-order valence-electron chi connectivity index (χ3n) is 2.16. The van der Waals surface area contributed by atoms with Gasteiger partial charge in [0.15, 0.2) is 0 Å². The van der Waals surface area contributed by atoms with E-state index < -0.39 is 18.7 Å². The van der Waals surface area contributed by atoms with E-state index >= 15 is 0 Å². The number of ether oxygens (including phenoxy) is 1. The minimum absolute atomic E-state index is 0.0797. The van der Waals surface area contributed by atoms with E-state index in [-0.39, 0.29) is 11.2 Å². The fourth-order valence-electron chi connectivity index (χ4n) is 1.42. The summed E-state index contributed by atoms with van der Waals surface area (Å²) in [6, 6.07) is 1.59. The summed E-state index contributed by atoms with van der Waals surface area (Å²) < 4.78 is 5.19. The van der Waals surface area contributed by atoms with E-state index in [1.165, 1.54) is 0 Å². The van der Waals surface area contributed by atoms with Crippen LogP contribution in [0, 0.1) is 0 Å². The van der Waals surface area contributed by atoms with Gasteiger partial charge < -0.3 is 19.8 Å². The van der Waals surface area contributed by atoms with Gasteiger partial charge in [0.05, 0.1) is 11.2 Å². The number of carbonyl (C=O) groups is 1. The first-order valence-electron chi connectivity index (χ1n) is 5.56. The highest BCUT2D eigenvalue weighted by atomic mass is 16.6. The molecule has 0 atom stereocenters. The van der Waals surface area contributed by atoms with Gasteiger partial charge in [-0.25, -0.2) is 4.79 Å². The Bertz CT molecular complexity index is 406. The lowest BCUT2D eigenvalue weighted by atomic mass is 9.83. The Morgan fingerprint density at radius 2 is 2.06 bits per heavy atom. The Labute approximate surface area is 101 Å². The monoisotopic (exact) mass is 239 g/mol. The average Bonchev–Trinajstić information content (AvgIpc) is 2.58. The predicted molar refractivity (Wildman–Crippen MR) is 65.2 cm³/mol. The van der Waals surface area contributed by atoms with E-state index in [1.54, 1.807) is 26.8 Å². The molecule has 3 N–H and O–H groups in total. The molecule has 0 bridgehead atoms. The third-order valence-corrected chi connectivity index (χ3v) is 2.16. The van der Waals surface area contributed by atoms with Crippen molar-refractivity contribution in [2.75, 3.05) is 0 Å². The van der Waals surface area contributed by atoms with Gasteiger partial charge in [-0.05, 0) is 33.3 Å². The maximum absolute atomic E-state index is 11.9. The molecule has 17 heavy (non-hydrogen) atoms. The lowest BCUT2D eigenvalue weighted by Gasteiger charge is -2.19. The molecule has 0 spiro atoms. The Morgan fingerprint density at radius 1 is 1.47 bits per heavy atom. The molecule has 0 radical (unpaired) electrons. The molecule has 0 aliphatic carbocycles. The zero-order valence-corrected chi connectivity index (χ0v) is 10.6. The summed E-state index contributed by atoms with van der Waals surface area (Å²) in [5.41, 5.74) is 0.398. The molecule has 6 heteroatoms. The molecular weight excluding hydrogens is 221 g/mol. The summed E-state index contributed by atoms with van der Waals surface area (Å²) in [5, 5.41) is 18.4.